The summed E-state index contributed by atoms with van der Waals surface area (Å²) in [4.78, 5) is 83.7. The molecule has 0 aliphatic heterocycles. The second-order valence-electron chi connectivity index (χ2n) is 17.2. The Balaban J connectivity index is 1.76. The summed E-state index contributed by atoms with van der Waals surface area (Å²) in [6.45, 7) is 11.9. The van der Waals surface area contributed by atoms with E-state index >= 15 is 0 Å². The molecular weight excluding hydrogens is 844 g/mol. The third-order valence-electron chi connectivity index (χ3n) is 12.2. The van der Waals surface area contributed by atoms with Gasteiger partial charge in [-0.25, -0.2) is 19.2 Å². The Morgan fingerprint density at radius 3 is 1.12 bits per heavy atom. The zero-order chi connectivity index (χ0) is 44.3. The van der Waals surface area contributed by atoms with Crippen molar-refractivity contribution < 1.29 is 47.7 Å². The molecule has 8 rings (SSSR count). The number of carbonyl (C=O) groups excluding carboxylic acids is 6. The topological polar surface area (TPSA) is 187 Å². The number of rotatable bonds is 6. The van der Waals surface area contributed by atoms with Gasteiger partial charge in [-0.15, -0.1) is 0 Å². The molecule has 2 atom stereocenters. The van der Waals surface area contributed by atoms with Crippen LogP contribution >= 0.6 is 23.2 Å². The molecule has 0 saturated carbocycles. The second-order valence-corrected chi connectivity index (χ2v) is 28.0. The Kier molecular flexibility index (Phi) is 9.88. The lowest BCUT2D eigenvalue weighted by atomic mass is 9.37. The van der Waals surface area contributed by atoms with Crippen molar-refractivity contribution in [2.75, 3.05) is 28.4 Å². The lowest BCUT2D eigenvalue weighted by molar-refractivity contribution is -0.141. The third-order valence-corrected chi connectivity index (χ3v) is 17.0. The molecule has 0 radical (unpaired) electrons. The molecule has 2 bridgehead atoms. The van der Waals surface area contributed by atoms with Crippen LogP contribution in [0.25, 0.3) is 21.5 Å². The number of Topliss-reactive ketones (excluding diaryl/α,β-unsaturated/α-hetero) is 2. The lowest BCUT2D eigenvalue weighted by Crippen LogP contribution is -2.65. The number of nitrogens with zero attached hydrogens (tertiary/aromatic N) is 2. The van der Waals surface area contributed by atoms with Crippen molar-refractivity contribution in [1.29, 1.82) is 10.5 Å². The molecule has 4 aromatic rings. The number of methoxy groups -OCH3 is 4. The number of allylic oxidation sites excluding steroid dienone is 2. The SMILES string of the molecule is COC(=O)c1cc2cc3c(cc2c([Si](C)(C)C)c1C(=O)OC)C1c2cc4c([Si](C)(C)C)c(C(=O)OC)c(C(=O)OC)cc4cc2C3[C@]2(C#N)C(=O)C(Cl)=C(Cl)C(=O)[C@]12C#N. The number of benzene rings is 4. The van der Waals surface area contributed by atoms with Gasteiger partial charge < -0.3 is 18.9 Å². The van der Waals surface area contributed by atoms with Gasteiger partial charge in [-0.2, -0.15) is 10.5 Å². The van der Waals surface area contributed by atoms with Gasteiger partial charge in [-0.1, -0.05) is 86.7 Å². The number of ketones is 2. The van der Waals surface area contributed by atoms with E-state index in [1.807, 2.05) is 39.3 Å². The van der Waals surface area contributed by atoms with E-state index in [-0.39, 0.29) is 22.3 Å². The van der Waals surface area contributed by atoms with E-state index in [0.717, 1.165) is 0 Å². The smallest absolute Gasteiger partial charge is 0.338 e. The van der Waals surface area contributed by atoms with Crippen molar-refractivity contribution >= 4 is 107 Å². The van der Waals surface area contributed by atoms with E-state index in [1.54, 1.807) is 24.3 Å². The van der Waals surface area contributed by atoms with Crippen molar-refractivity contribution in [2.24, 2.45) is 10.8 Å². The molecule has 16 heteroatoms. The first-order valence-corrected chi connectivity index (χ1v) is 26.5. The number of fused-ring (bicyclic) bond motifs is 2. The van der Waals surface area contributed by atoms with E-state index in [0.29, 0.717) is 54.2 Å². The maximum atomic E-state index is 14.9. The number of hydrogen-bond acceptors (Lipinski definition) is 12. The summed E-state index contributed by atoms with van der Waals surface area (Å²) < 4.78 is 20.7. The van der Waals surface area contributed by atoms with E-state index in [2.05, 4.69) is 12.1 Å². The van der Waals surface area contributed by atoms with Gasteiger partial charge in [0.15, 0.2) is 22.4 Å². The minimum absolute atomic E-state index is 0.0166. The Morgan fingerprint density at radius 2 is 0.850 bits per heavy atom. The van der Waals surface area contributed by atoms with Crippen LogP contribution < -0.4 is 10.4 Å². The van der Waals surface area contributed by atoms with Crippen molar-refractivity contribution in [3.05, 3.63) is 91.0 Å². The summed E-state index contributed by atoms with van der Waals surface area (Å²) >= 11 is 13.1. The predicted octanol–water partition coefficient (Wildman–Crippen LogP) is 6.68. The summed E-state index contributed by atoms with van der Waals surface area (Å²) in [5.41, 5.74) is -3.40. The standard InChI is InChI=1S/C44H38Cl2N2O10Si2/c1-55-39(51)27-13-19-11-23-25(15-21(19)35(59(5,6)7)29(27)41(53)57-3)32-26-16-22-20(14-28(40(52)56-2)30(42(54)58-4)36(22)60(8,9)10)12-24(26)31(23)43(17-47)37(49)33(45)34(46)38(50)44(32,43)18-48/h11-16,31-32H,1-10H3/t31?,32?,43-,44+/m1/s1. The fourth-order valence-electron chi connectivity index (χ4n) is 9.99. The van der Waals surface area contributed by atoms with Crippen LogP contribution in [-0.4, -0.2) is 80.0 Å². The maximum absolute atomic E-state index is 14.9. The third kappa shape index (κ3) is 5.30. The average molecular weight is 882 g/mol. The molecule has 4 aromatic carbocycles. The summed E-state index contributed by atoms with van der Waals surface area (Å²) in [5, 5.41) is 24.6. The molecule has 60 heavy (non-hydrogen) atoms. The van der Waals surface area contributed by atoms with Gasteiger partial charge in [0.1, 0.15) is 10.1 Å². The number of nitriles is 2. The van der Waals surface area contributed by atoms with E-state index in [9.17, 15) is 39.3 Å². The monoisotopic (exact) mass is 880 g/mol. The predicted molar refractivity (Wildman–Crippen MR) is 228 cm³/mol. The summed E-state index contributed by atoms with van der Waals surface area (Å²) in [6, 6.07) is 14.2. The minimum atomic E-state index is -2.65. The van der Waals surface area contributed by atoms with Crippen molar-refractivity contribution in [2.45, 2.75) is 51.1 Å². The Bertz CT molecular complexity index is 2730. The summed E-state index contributed by atoms with van der Waals surface area (Å²) in [7, 11) is -0.516. The van der Waals surface area contributed by atoms with Crippen LogP contribution in [0.1, 0.15) is 75.5 Å². The fraction of sp³-hybridized carbons (Fsp3) is 0.318. The number of esters is 4. The molecule has 4 aliphatic carbocycles. The number of carbonyl (C=O) groups is 6. The van der Waals surface area contributed by atoms with Gasteiger partial charge in [0.25, 0.3) is 0 Å². The van der Waals surface area contributed by atoms with Crippen LogP contribution in [0.5, 0.6) is 0 Å². The molecule has 0 amide bonds. The molecule has 4 aliphatic rings. The highest BCUT2D eigenvalue weighted by atomic mass is 35.5. The molecule has 306 valence electrons. The molecule has 0 unspecified atom stereocenters. The van der Waals surface area contributed by atoms with Gasteiger partial charge >= 0.3 is 23.9 Å². The van der Waals surface area contributed by atoms with Gasteiger partial charge in [0.05, 0.1) is 79.0 Å². The lowest BCUT2D eigenvalue weighted by Gasteiger charge is -2.58. The van der Waals surface area contributed by atoms with Crippen LogP contribution in [0.2, 0.25) is 39.3 Å². The zero-order valence-electron chi connectivity index (χ0n) is 34.4. The quantitative estimate of drug-likeness (QED) is 0.114. The second kappa shape index (κ2) is 14.0. The zero-order valence-corrected chi connectivity index (χ0v) is 37.9. The van der Waals surface area contributed by atoms with Gasteiger partial charge in [-0.05, 0) is 66.3 Å². The Hall–Kier alpha value is -5.65. The summed E-state index contributed by atoms with van der Waals surface area (Å²) in [6.07, 6.45) is 0. The fourth-order valence-corrected chi connectivity index (χ4v) is 14.5. The van der Waals surface area contributed by atoms with E-state index in [1.165, 1.54) is 40.6 Å². The maximum Gasteiger partial charge on any atom is 0.338 e. The molecule has 0 aromatic heterocycles. The first-order valence-electron chi connectivity index (χ1n) is 18.7. The van der Waals surface area contributed by atoms with Crippen LogP contribution in [0.15, 0.2) is 46.5 Å². The number of ether oxygens (including phenoxy) is 4. The molecule has 0 spiro atoms. The average Bonchev–Trinajstić information content (AvgIpc) is 3.22. The van der Waals surface area contributed by atoms with Gasteiger partial charge in [-0.3, -0.25) is 9.59 Å². The number of halogens is 2. The first-order chi connectivity index (χ1) is 28.1. The van der Waals surface area contributed by atoms with Crippen LogP contribution in [0.4, 0.5) is 0 Å². The van der Waals surface area contributed by atoms with E-state index in [4.69, 9.17) is 42.1 Å². The molecule has 0 saturated heterocycles. The van der Waals surface area contributed by atoms with Crippen molar-refractivity contribution in [1.82, 2.24) is 0 Å². The van der Waals surface area contributed by atoms with Gasteiger partial charge in [0.2, 0.25) is 0 Å². The summed E-state index contributed by atoms with van der Waals surface area (Å²) in [5.74, 6) is -7.85. The molecule has 12 nitrogen and oxygen atoms in total. The van der Waals surface area contributed by atoms with Crippen molar-refractivity contribution in [3.8, 4) is 12.1 Å². The minimum Gasteiger partial charge on any atom is -0.465 e. The van der Waals surface area contributed by atoms with E-state index < -0.39 is 84.3 Å². The highest BCUT2D eigenvalue weighted by Crippen LogP contribution is 2.73. The molecular formula is C44H38Cl2N2O10Si2. The molecule has 0 N–H and O–H groups in total. The Labute approximate surface area is 356 Å². The normalized spacial score (nSPS) is 21.7. The van der Waals surface area contributed by atoms with Gasteiger partial charge in [0, 0.05) is 11.8 Å². The molecule has 0 heterocycles. The molecule has 0 fully saturated rings. The largest absolute Gasteiger partial charge is 0.465 e. The first kappa shape index (κ1) is 42.5. The number of hydrogen-bond donors (Lipinski definition) is 0. The van der Waals surface area contributed by atoms with Crippen molar-refractivity contribution in [3.63, 3.8) is 0 Å². The highest BCUT2D eigenvalue weighted by Gasteiger charge is 2.78. The highest BCUT2D eigenvalue weighted by molar-refractivity contribution is 6.92. The van der Waals surface area contributed by atoms with Crippen LogP contribution in [0.3, 0.4) is 0 Å². The van der Waals surface area contributed by atoms with Crippen LogP contribution in [-0.2, 0) is 28.5 Å². The van der Waals surface area contributed by atoms with Crippen LogP contribution in [0, 0.1) is 33.5 Å². The Morgan fingerprint density at radius 1 is 0.550 bits per heavy atom.